The van der Waals surface area contributed by atoms with Crippen molar-refractivity contribution in [2.24, 2.45) is 0 Å². The Kier molecular flexibility index (Phi) is 6.82. The van der Waals surface area contributed by atoms with Crippen molar-refractivity contribution in [1.29, 1.82) is 0 Å². The molecule has 0 unspecified atom stereocenters. The number of carbonyl (C=O) groups excluding carboxylic acids is 2. The molecular weight excluding hydrogens is 454 g/mol. The van der Waals surface area contributed by atoms with Gasteiger partial charge in [-0.05, 0) is 55.5 Å². The summed E-state index contributed by atoms with van der Waals surface area (Å²) in [5, 5.41) is 13.9. The van der Waals surface area contributed by atoms with Crippen LogP contribution < -0.4 is 14.8 Å². The first kappa shape index (κ1) is 23.2. The highest BCUT2D eigenvalue weighted by atomic mass is 16.6. The number of nitrogens with one attached hydrogen (secondary N) is 1. The smallest absolute Gasteiger partial charge is 0.291 e. The lowest BCUT2D eigenvalue weighted by Gasteiger charge is -2.08. The average Bonchev–Trinajstić information content (AvgIpc) is 3.33. The molecule has 4 aromatic rings. The maximum Gasteiger partial charge on any atom is 0.291 e. The highest BCUT2D eigenvalue weighted by Crippen LogP contribution is 2.30. The van der Waals surface area contributed by atoms with Crippen molar-refractivity contribution >= 4 is 23.1 Å². The lowest BCUT2D eigenvalue weighted by Crippen LogP contribution is -2.11. The van der Waals surface area contributed by atoms with Crippen LogP contribution in [0.3, 0.4) is 0 Å². The molecule has 176 valence electrons. The van der Waals surface area contributed by atoms with Gasteiger partial charge in [0.15, 0.2) is 11.5 Å². The van der Waals surface area contributed by atoms with Crippen LogP contribution in [0.5, 0.6) is 17.2 Å². The Bertz CT molecular complexity index is 1370. The quantitative estimate of drug-likeness (QED) is 0.194. The highest BCUT2D eigenvalue weighted by Gasteiger charge is 2.16. The first-order chi connectivity index (χ1) is 16.9. The fourth-order valence-electron chi connectivity index (χ4n) is 3.07. The molecule has 0 bridgehead atoms. The number of non-ortho nitro benzene ring substituents is 1. The molecule has 2 aromatic carbocycles. The summed E-state index contributed by atoms with van der Waals surface area (Å²) in [6, 6.07) is 16.9. The molecule has 0 aliphatic carbocycles. The summed E-state index contributed by atoms with van der Waals surface area (Å²) in [5.74, 6) is 0.827. The molecule has 0 atom stereocenters. The van der Waals surface area contributed by atoms with Crippen LogP contribution in [0.15, 0.2) is 83.5 Å². The number of furan rings is 1. The van der Waals surface area contributed by atoms with Crippen LogP contribution in [0.25, 0.3) is 0 Å². The lowest BCUT2D eigenvalue weighted by molar-refractivity contribution is -0.384. The van der Waals surface area contributed by atoms with Gasteiger partial charge < -0.3 is 19.2 Å². The number of ether oxygens (including phenoxy) is 2. The number of benzene rings is 2. The van der Waals surface area contributed by atoms with Gasteiger partial charge in [-0.3, -0.25) is 24.7 Å². The van der Waals surface area contributed by atoms with Crippen molar-refractivity contribution < 1.29 is 28.4 Å². The SMILES string of the molecule is CC(=O)c1ccc(OCc2ccc(C(=O)Nc3cc(Oc4cccnc4)cc([N+](=O)[O-])c3)o2)cc1. The van der Waals surface area contributed by atoms with Gasteiger partial charge in [-0.2, -0.15) is 0 Å². The van der Waals surface area contributed by atoms with Gasteiger partial charge in [0, 0.05) is 23.9 Å². The Morgan fingerprint density at radius 3 is 2.51 bits per heavy atom. The average molecular weight is 473 g/mol. The minimum atomic E-state index is -0.602. The van der Waals surface area contributed by atoms with Crippen molar-refractivity contribution in [2.45, 2.75) is 13.5 Å². The van der Waals surface area contributed by atoms with E-state index in [1.807, 2.05) is 0 Å². The lowest BCUT2D eigenvalue weighted by atomic mass is 10.1. The second kappa shape index (κ2) is 10.3. The Morgan fingerprint density at radius 1 is 1.03 bits per heavy atom. The normalized spacial score (nSPS) is 10.4. The van der Waals surface area contributed by atoms with E-state index >= 15 is 0 Å². The van der Waals surface area contributed by atoms with Crippen LogP contribution in [-0.2, 0) is 6.61 Å². The minimum Gasteiger partial charge on any atom is -0.486 e. The van der Waals surface area contributed by atoms with E-state index in [-0.39, 0.29) is 35.3 Å². The summed E-state index contributed by atoms with van der Waals surface area (Å²) in [5.41, 5.74) is 0.471. The summed E-state index contributed by atoms with van der Waals surface area (Å²) < 4.78 is 16.8. The molecular formula is C25H19N3O7. The Hall–Kier alpha value is -4.99. The zero-order valence-electron chi connectivity index (χ0n) is 18.5. The van der Waals surface area contributed by atoms with Gasteiger partial charge in [-0.25, -0.2) is 0 Å². The molecule has 0 fully saturated rings. The van der Waals surface area contributed by atoms with E-state index in [1.165, 1.54) is 37.4 Å². The number of hydrogen-bond acceptors (Lipinski definition) is 8. The molecule has 0 saturated carbocycles. The number of Topliss-reactive ketones (excluding diaryl/α,β-unsaturated/α-hetero) is 1. The molecule has 0 radical (unpaired) electrons. The fourth-order valence-corrected chi connectivity index (χ4v) is 3.07. The maximum absolute atomic E-state index is 12.7. The fraction of sp³-hybridized carbons (Fsp3) is 0.0800. The van der Waals surface area contributed by atoms with E-state index in [0.717, 1.165) is 0 Å². The first-order valence-electron chi connectivity index (χ1n) is 10.4. The molecule has 35 heavy (non-hydrogen) atoms. The van der Waals surface area contributed by atoms with Crippen LogP contribution in [0.2, 0.25) is 0 Å². The summed E-state index contributed by atoms with van der Waals surface area (Å²) >= 11 is 0. The summed E-state index contributed by atoms with van der Waals surface area (Å²) in [6.45, 7) is 1.54. The monoisotopic (exact) mass is 473 g/mol. The number of nitrogens with zero attached hydrogens (tertiary/aromatic N) is 2. The number of nitro benzene ring substituents is 1. The van der Waals surface area contributed by atoms with Gasteiger partial charge in [-0.15, -0.1) is 0 Å². The number of pyridine rings is 1. The molecule has 4 rings (SSSR count). The van der Waals surface area contributed by atoms with Gasteiger partial charge in [0.1, 0.15) is 29.6 Å². The number of aromatic nitrogens is 1. The Morgan fingerprint density at radius 2 is 1.83 bits per heavy atom. The van der Waals surface area contributed by atoms with Gasteiger partial charge in [0.05, 0.1) is 22.9 Å². The van der Waals surface area contributed by atoms with Gasteiger partial charge >= 0.3 is 0 Å². The number of hydrogen-bond donors (Lipinski definition) is 1. The Labute approximate surface area is 199 Å². The second-order valence-electron chi connectivity index (χ2n) is 7.35. The minimum absolute atomic E-state index is 0.00300. The van der Waals surface area contributed by atoms with Crippen LogP contribution >= 0.6 is 0 Å². The van der Waals surface area contributed by atoms with E-state index in [0.29, 0.717) is 22.8 Å². The van der Waals surface area contributed by atoms with Crippen LogP contribution in [0, 0.1) is 10.1 Å². The molecule has 2 aromatic heterocycles. The number of anilines is 1. The van der Waals surface area contributed by atoms with Crippen molar-refractivity contribution in [3.8, 4) is 17.2 Å². The molecule has 1 N–H and O–H groups in total. The summed E-state index contributed by atoms with van der Waals surface area (Å²) in [6.07, 6.45) is 3.03. The molecule has 10 heteroatoms. The van der Waals surface area contributed by atoms with Crippen molar-refractivity contribution in [2.75, 3.05) is 5.32 Å². The molecule has 2 heterocycles. The van der Waals surface area contributed by atoms with Crippen LogP contribution in [0.1, 0.15) is 33.6 Å². The predicted molar refractivity (Wildman–Crippen MR) is 125 cm³/mol. The van der Waals surface area contributed by atoms with E-state index in [1.54, 1.807) is 48.7 Å². The molecule has 10 nitrogen and oxygen atoms in total. The topological polar surface area (TPSA) is 134 Å². The largest absolute Gasteiger partial charge is 0.486 e. The van der Waals surface area contributed by atoms with Crippen molar-refractivity contribution in [1.82, 2.24) is 4.98 Å². The van der Waals surface area contributed by atoms with Gasteiger partial charge in [0.2, 0.25) is 0 Å². The number of rotatable bonds is 9. The van der Waals surface area contributed by atoms with Crippen LogP contribution in [0.4, 0.5) is 11.4 Å². The standard InChI is InChI=1S/C25H19N3O7/c1-16(29)17-4-6-20(7-5-17)33-15-22-8-9-24(35-22)25(30)27-18-11-19(28(31)32)13-23(12-18)34-21-3-2-10-26-14-21/h2-14H,15H2,1H3,(H,27,30). The maximum atomic E-state index is 12.7. The van der Waals surface area contributed by atoms with Crippen molar-refractivity contribution in [3.63, 3.8) is 0 Å². The number of nitro groups is 1. The van der Waals surface area contributed by atoms with E-state index in [4.69, 9.17) is 13.9 Å². The third kappa shape index (κ3) is 6.08. The highest BCUT2D eigenvalue weighted by molar-refractivity contribution is 6.02. The van der Waals surface area contributed by atoms with E-state index < -0.39 is 10.8 Å². The zero-order chi connectivity index (χ0) is 24.8. The summed E-state index contributed by atoms with van der Waals surface area (Å²) in [7, 11) is 0. The molecule has 0 aliphatic heterocycles. The van der Waals surface area contributed by atoms with E-state index in [2.05, 4.69) is 10.3 Å². The molecule has 0 spiro atoms. The second-order valence-corrected chi connectivity index (χ2v) is 7.35. The Balaban J connectivity index is 1.43. The third-order valence-electron chi connectivity index (χ3n) is 4.76. The van der Waals surface area contributed by atoms with Gasteiger partial charge in [0.25, 0.3) is 11.6 Å². The number of ketones is 1. The third-order valence-corrected chi connectivity index (χ3v) is 4.76. The van der Waals surface area contributed by atoms with E-state index in [9.17, 15) is 19.7 Å². The molecule has 1 amide bonds. The zero-order valence-corrected chi connectivity index (χ0v) is 18.5. The van der Waals surface area contributed by atoms with Crippen molar-refractivity contribution in [3.05, 3.63) is 106 Å². The number of carbonyl (C=O) groups is 2. The molecule has 0 aliphatic rings. The van der Waals surface area contributed by atoms with Crippen LogP contribution in [-0.4, -0.2) is 21.6 Å². The summed E-state index contributed by atoms with van der Waals surface area (Å²) in [4.78, 5) is 38.7. The van der Waals surface area contributed by atoms with Gasteiger partial charge in [-0.1, -0.05) is 0 Å². The number of amides is 1. The molecule has 0 saturated heterocycles. The first-order valence-corrected chi connectivity index (χ1v) is 10.4. The predicted octanol–water partition coefficient (Wildman–Crippen LogP) is 5.41.